The summed E-state index contributed by atoms with van der Waals surface area (Å²) in [6, 6.07) is 10.3. The van der Waals surface area contributed by atoms with E-state index >= 15 is 0 Å². The summed E-state index contributed by atoms with van der Waals surface area (Å²) in [5.74, 6) is 0.0120. The van der Waals surface area contributed by atoms with E-state index in [2.05, 4.69) is 5.32 Å². The number of hydrogen-bond acceptors (Lipinski definition) is 5. The minimum atomic E-state index is -4.68. The van der Waals surface area contributed by atoms with Gasteiger partial charge in [-0.2, -0.15) is 13.2 Å². The molecule has 0 radical (unpaired) electrons. The fraction of sp³-hybridized carbons (Fsp3) is 0.350. The Bertz CT molecular complexity index is 1010. The second-order valence-corrected chi connectivity index (χ2v) is 8.64. The molecule has 0 saturated heterocycles. The van der Waals surface area contributed by atoms with Crippen molar-refractivity contribution in [1.29, 1.82) is 0 Å². The lowest BCUT2D eigenvalue weighted by Crippen LogP contribution is -2.40. The van der Waals surface area contributed by atoms with Crippen LogP contribution in [0.1, 0.15) is 17.2 Å². The number of carbonyl (C=O) groups is 1. The van der Waals surface area contributed by atoms with Crippen molar-refractivity contribution < 1.29 is 31.1 Å². The van der Waals surface area contributed by atoms with Crippen molar-refractivity contribution in [3.63, 3.8) is 0 Å². The van der Waals surface area contributed by atoms with Crippen LogP contribution < -0.4 is 14.8 Å². The van der Waals surface area contributed by atoms with Crippen molar-refractivity contribution in [1.82, 2.24) is 14.9 Å². The largest absolute Gasteiger partial charge is 0.496 e. The zero-order chi connectivity index (χ0) is 23.2. The molecule has 2 aromatic rings. The van der Waals surface area contributed by atoms with Crippen molar-refractivity contribution in [2.75, 3.05) is 34.3 Å². The van der Waals surface area contributed by atoms with Gasteiger partial charge in [0.05, 0.1) is 30.2 Å². The zero-order valence-corrected chi connectivity index (χ0v) is 18.0. The Morgan fingerprint density at radius 1 is 1.13 bits per heavy atom. The van der Waals surface area contributed by atoms with Gasteiger partial charge in [-0.15, -0.1) is 0 Å². The van der Waals surface area contributed by atoms with E-state index in [1.54, 1.807) is 6.07 Å². The van der Waals surface area contributed by atoms with E-state index in [-0.39, 0.29) is 12.6 Å². The monoisotopic (exact) mass is 459 g/mol. The van der Waals surface area contributed by atoms with Crippen molar-refractivity contribution in [3.05, 3.63) is 59.7 Å². The van der Waals surface area contributed by atoms with Gasteiger partial charge in [-0.3, -0.25) is 4.79 Å². The molecule has 0 saturated carbocycles. The van der Waals surface area contributed by atoms with Crippen molar-refractivity contribution in [3.8, 4) is 5.75 Å². The summed E-state index contributed by atoms with van der Waals surface area (Å²) in [7, 11) is 0.875. The van der Waals surface area contributed by atoms with Gasteiger partial charge >= 0.3 is 6.18 Å². The molecule has 170 valence electrons. The van der Waals surface area contributed by atoms with Crippen molar-refractivity contribution in [2.45, 2.75) is 17.1 Å². The number of ether oxygens (including phenoxy) is 1. The first-order valence-electron chi connectivity index (χ1n) is 9.18. The van der Waals surface area contributed by atoms with Crippen LogP contribution in [0.2, 0.25) is 0 Å². The minimum Gasteiger partial charge on any atom is -0.496 e. The van der Waals surface area contributed by atoms with Crippen LogP contribution in [0.3, 0.4) is 0 Å². The van der Waals surface area contributed by atoms with Crippen LogP contribution in [0.5, 0.6) is 5.75 Å². The number of para-hydroxylation sites is 1. The molecule has 2 N–H and O–H groups in total. The van der Waals surface area contributed by atoms with Crippen LogP contribution in [0.15, 0.2) is 53.4 Å². The molecule has 31 heavy (non-hydrogen) atoms. The number of methoxy groups -OCH3 is 1. The fourth-order valence-electron chi connectivity index (χ4n) is 2.87. The van der Waals surface area contributed by atoms with E-state index in [1.165, 1.54) is 7.11 Å². The molecule has 1 unspecified atom stereocenters. The lowest BCUT2D eigenvalue weighted by molar-refractivity contribution is -0.137. The fourth-order valence-corrected chi connectivity index (χ4v) is 3.90. The van der Waals surface area contributed by atoms with Crippen molar-refractivity contribution >= 4 is 15.9 Å². The molecule has 0 aliphatic rings. The maximum Gasteiger partial charge on any atom is 0.416 e. The summed E-state index contributed by atoms with van der Waals surface area (Å²) in [5, 5.41) is 2.63. The maximum absolute atomic E-state index is 12.8. The van der Waals surface area contributed by atoms with E-state index in [0.717, 1.165) is 23.8 Å². The number of rotatable bonds is 9. The number of sulfonamides is 1. The SMILES string of the molecule is COc1ccccc1C(CNC(=O)CNS(=O)(=O)c1cccc(C(F)(F)F)c1)N(C)C. The number of nitrogens with one attached hydrogen (secondary N) is 2. The molecule has 1 atom stereocenters. The third kappa shape index (κ3) is 6.68. The quantitative estimate of drug-likeness (QED) is 0.602. The van der Waals surface area contributed by atoms with Crippen LogP contribution in [-0.4, -0.2) is 53.5 Å². The van der Waals surface area contributed by atoms with Crippen LogP contribution in [0, 0.1) is 0 Å². The van der Waals surface area contributed by atoms with Gasteiger partial charge in [-0.05, 0) is 38.4 Å². The summed E-state index contributed by atoms with van der Waals surface area (Å²) in [4.78, 5) is 13.5. The molecule has 0 bridgehead atoms. The molecular weight excluding hydrogens is 435 g/mol. The van der Waals surface area contributed by atoms with E-state index in [9.17, 15) is 26.4 Å². The predicted octanol–water partition coefficient (Wildman–Crippen LogP) is 2.41. The topological polar surface area (TPSA) is 87.7 Å². The lowest BCUT2D eigenvalue weighted by atomic mass is 10.0. The Labute approximate surface area is 179 Å². The molecule has 2 rings (SSSR count). The number of benzene rings is 2. The third-order valence-electron chi connectivity index (χ3n) is 4.51. The van der Waals surface area contributed by atoms with Crippen LogP contribution in [0.25, 0.3) is 0 Å². The van der Waals surface area contributed by atoms with Crippen LogP contribution in [0.4, 0.5) is 13.2 Å². The Morgan fingerprint density at radius 2 is 1.81 bits per heavy atom. The average molecular weight is 459 g/mol. The minimum absolute atomic E-state index is 0.164. The lowest BCUT2D eigenvalue weighted by Gasteiger charge is -2.26. The molecule has 0 aliphatic heterocycles. The number of amides is 1. The number of likely N-dealkylation sites (N-methyl/N-ethyl adjacent to an activating group) is 1. The molecule has 0 aliphatic carbocycles. The number of carbonyl (C=O) groups excluding carboxylic acids is 1. The van der Waals surface area contributed by atoms with Gasteiger partial charge in [0.25, 0.3) is 0 Å². The highest BCUT2D eigenvalue weighted by molar-refractivity contribution is 7.89. The first-order chi connectivity index (χ1) is 14.5. The molecule has 0 spiro atoms. The van der Waals surface area contributed by atoms with E-state index in [0.29, 0.717) is 11.8 Å². The van der Waals surface area contributed by atoms with Gasteiger partial charge in [-0.1, -0.05) is 24.3 Å². The summed E-state index contributed by atoms with van der Waals surface area (Å²) in [6.07, 6.45) is -4.68. The van der Waals surface area contributed by atoms with Crippen LogP contribution in [-0.2, 0) is 21.0 Å². The molecule has 1 amide bonds. The first kappa shape index (κ1) is 24.6. The van der Waals surface area contributed by atoms with Crippen molar-refractivity contribution in [2.24, 2.45) is 0 Å². The third-order valence-corrected chi connectivity index (χ3v) is 5.91. The molecule has 0 fully saturated rings. The Balaban J connectivity index is 2.02. The number of hydrogen-bond donors (Lipinski definition) is 2. The highest BCUT2D eigenvalue weighted by atomic mass is 32.2. The highest BCUT2D eigenvalue weighted by Crippen LogP contribution is 2.30. The second-order valence-electron chi connectivity index (χ2n) is 6.88. The zero-order valence-electron chi connectivity index (χ0n) is 17.2. The van der Waals surface area contributed by atoms with E-state index < -0.39 is 39.1 Å². The Morgan fingerprint density at radius 3 is 2.42 bits per heavy atom. The molecule has 11 heteroatoms. The summed E-state index contributed by atoms with van der Waals surface area (Å²) in [6.45, 7) is -0.456. The Hall–Kier alpha value is -2.63. The van der Waals surface area contributed by atoms with E-state index in [1.807, 2.05) is 41.9 Å². The maximum atomic E-state index is 12.8. The highest BCUT2D eigenvalue weighted by Gasteiger charge is 2.31. The number of halogens is 3. The van der Waals surface area contributed by atoms with Gasteiger partial charge in [0, 0.05) is 12.1 Å². The summed E-state index contributed by atoms with van der Waals surface area (Å²) < 4.78 is 70.4. The first-order valence-corrected chi connectivity index (χ1v) is 10.7. The van der Waals surface area contributed by atoms with Gasteiger partial charge in [0.1, 0.15) is 5.75 Å². The standard InChI is InChI=1S/C20H24F3N3O4S/c1-26(2)17(16-9-4-5-10-18(16)30-3)12-24-19(27)13-25-31(28,29)15-8-6-7-14(11-15)20(21,22)23/h4-11,17,25H,12-13H2,1-3H3,(H,24,27). The normalized spacial score (nSPS) is 13.1. The molecule has 7 nitrogen and oxygen atoms in total. The molecule has 2 aromatic carbocycles. The van der Waals surface area contributed by atoms with Crippen LogP contribution >= 0.6 is 0 Å². The number of alkyl halides is 3. The average Bonchev–Trinajstić information content (AvgIpc) is 2.72. The Kier molecular flexibility index (Phi) is 8.04. The smallest absolute Gasteiger partial charge is 0.416 e. The second kappa shape index (κ2) is 10.1. The summed E-state index contributed by atoms with van der Waals surface area (Å²) >= 11 is 0. The molecular formula is C20H24F3N3O4S. The van der Waals surface area contributed by atoms with Gasteiger partial charge in [0.2, 0.25) is 15.9 Å². The van der Waals surface area contributed by atoms with E-state index in [4.69, 9.17) is 4.74 Å². The van der Waals surface area contributed by atoms with Gasteiger partial charge < -0.3 is 15.0 Å². The van der Waals surface area contributed by atoms with Gasteiger partial charge in [-0.25, -0.2) is 13.1 Å². The summed E-state index contributed by atoms with van der Waals surface area (Å²) in [5.41, 5.74) is -0.259. The molecule has 0 aromatic heterocycles. The molecule has 0 heterocycles. The van der Waals surface area contributed by atoms with Gasteiger partial charge in [0.15, 0.2) is 0 Å². The number of nitrogens with zero attached hydrogens (tertiary/aromatic N) is 1. The predicted molar refractivity (Wildman–Crippen MR) is 109 cm³/mol.